The van der Waals surface area contributed by atoms with E-state index in [9.17, 15) is 0 Å². The molecule has 1 rings (SSSR count). The van der Waals surface area contributed by atoms with Crippen LogP contribution < -0.4 is 4.74 Å². The van der Waals surface area contributed by atoms with E-state index in [1.165, 1.54) is 4.91 Å². The molecule has 1 aromatic carbocycles. The van der Waals surface area contributed by atoms with E-state index in [0.29, 0.717) is 6.61 Å². The lowest BCUT2D eigenvalue weighted by Crippen LogP contribution is -1.93. The molecule has 1 aromatic rings. The first kappa shape index (κ1) is 10.2. The van der Waals surface area contributed by atoms with Crippen molar-refractivity contribution in [3.05, 3.63) is 41.3 Å². The zero-order chi connectivity index (χ0) is 9.52. The van der Waals surface area contributed by atoms with Crippen molar-refractivity contribution in [1.29, 1.82) is 0 Å². The number of ether oxygens (including phenoxy) is 1. The van der Waals surface area contributed by atoms with E-state index in [4.69, 9.17) is 4.74 Å². The predicted octanol–water partition coefficient (Wildman–Crippen LogP) is 3.33. The molecule has 0 aliphatic heterocycles. The molecule has 0 aliphatic carbocycles. The monoisotopic (exact) mass is 194 g/mol. The number of benzene rings is 1. The summed E-state index contributed by atoms with van der Waals surface area (Å²) in [4.78, 5) is 1.29. The Labute approximate surface area is 83.8 Å². The van der Waals surface area contributed by atoms with Gasteiger partial charge in [-0.2, -0.15) is 0 Å². The highest BCUT2D eigenvalue weighted by Gasteiger charge is 1.88. The van der Waals surface area contributed by atoms with Crippen molar-refractivity contribution in [2.75, 3.05) is 12.9 Å². The van der Waals surface area contributed by atoms with Crippen LogP contribution in [0.5, 0.6) is 5.75 Å². The summed E-state index contributed by atoms with van der Waals surface area (Å²) in [5.74, 6) is 0.924. The summed E-state index contributed by atoms with van der Waals surface area (Å²) < 4.78 is 5.49. The maximum Gasteiger partial charge on any atom is 0.119 e. The van der Waals surface area contributed by atoms with Gasteiger partial charge in [-0.05, 0) is 36.3 Å². The minimum absolute atomic E-state index is 0.649. The molecule has 70 valence electrons. The summed E-state index contributed by atoms with van der Waals surface area (Å²) in [6, 6.07) is 9.85. The van der Waals surface area contributed by atoms with Gasteiger partial charge in [-0.1, -0.05) is 18.2 Å². The highest BCUT2D eigenvalue weighted by molar-refractivity contribution is 8.02. The zero-order valence-corrected chi connectivity index (χ0v) is 8.80. The van der Waals surface area contributed by atoms with Crippen LogP contribution in [0.2, 0.25) is 0 Å². The number of para-hydroxylation sites is 1. The van der Waals surface area contributed by atoms with Gasteiger partial charge in [0.25, 0.3) is 0 Å². The Morgan fingerprint density at radius 1 is 1.38 bits per heavy atom. The van der Waals surface area contributed by atoms with Gasteiger partial charge in [-0.25, -0.2) is 0 Å². The minimum atomic E-state index is 0.649. The lowest BCUT2D eigenvalue weighted by molar-refractivity contribution is 0.362. The maximum absolute atomic E-state index is 5.49. The summed E-state index contributed by atoms with van der Waals surface area (Å²) in [6.45, 7) is 2.73. The molecule has 0 radical (unpaired) electrons. The first-order valence-electron chi connectivity index (χ1n) is 4.21. The van der Waals surface area contributed by atoms with Gasteiger partial charge >= 0.3 is 0 Å². The molecule has 2 heteroatoms. The van der Waals surface area contributed by atoms with E-state index in [1.807, 2.05) is 30.3 Å². The number of thioether (sulfide) groups is 1. The fourth-order valence-corrected chi connectivity index (χ4v) is 1.09. The van der Waals surface area contributed by atoms with Crippen LogP contribution in [-0.4, -0.2) is 12.9 Å². The van der Waals surface area contributed by atoms with Crippen LogP contribution in [0.4, 0.5) is 0 Å². The summed E-state index contributed by atoms with van der Waals surface area (Å²) in [5.41, 5.74) is 0. The van der Waals surface area contributed by atoms with Crippen LogP contribution in [-0.2, 0) is 0 Å². The third-order valence-corrected chi connectivity index (χ3v) is 2.50. The van der Waals surface area contributed by atoms with Gasteiger partial charge < -0.3 is 4.74 Å². The van der Waals surface area contributed by atoms with Gasteiger partial charge in [0.1, 0.15) is 12.4 Å². The summed E-state index contributed by atoms with van der Waals surface area (Å²) in [7, 11) is 0. The van der Waals surface area contributed by atoms with Gasteiger partial charge in [0.2, 0.25) is 0 Å². The molecule has 0 aromatic heterocycles. The van der Waals surface area contributed by atoms with Crippen LogP contribution in [0.25, 0.3) is 0 Å². The second-order valence-electron chi connectivity index (χ2n) is 2.64. The molecule has 0 amide bonds. The van der Waals surface area contributed by atoms with E-state index in [2.05, 4.69) is 19.3 Å². The van der Waals surface area contributed by atoms with Crippen molar-refractivity contribution >= 4 is 11.8 Å². The number of hydrogen-bond donors (Lipinski definition) is 0. The predicted molar refractivity (Wildman–Crippen MR) is 59.2 cm³/mol. The fourth-order valence-electron chi connectivity index (χ4n) is 0.855. The van der Waals surface area contributed by atoms with E-state index < -0.39 is 0 Å². The van der Waals surface area contributed by atoms with Crippen molar-refractivity contribution in [3.8, 4) is 5.75 Å². The van der Waals surface area contributed by atoms with Crippen LogP contribution in [0.1, 0.15) is 6.92 Å². The van der Waals surface area contributed by atoms with E-state index in [-0.39, 0.29) is 0 Å². The van der Waals surface area contributed by atoms with Gasteiger partial charge in [0.05, 0.1) is 0 Å². The molecule has 0 saturated heterocycles. The highest BCUT2D eigenvalue weighted by atomic mass is 32.2. The standard InChI is InChI=1S/C11H14OS/c1-10(13-2)8-9-12-11-6-4-3-5-7-11/h3-8H,9H2,1-2H3. The van der Waals surface area contributed by atoms with Gasteiger partial charge in [-0.15, -0.1) is 11.8 Å². The Hall–Kier alpha value is -0.890. The number of rotatable bonds is 4. The molecule has 0 saturated carbocycles. The Balaban J connectivity index is 2.36. The second kappa shape index (κ2) is 5.70. The Morgan fingerprint density at radius 3 is 2.69 bits per heavy atom. The van der Waals surface area contributed by atoms with Crippen molar-refractivity contribution in [1.82, 2.24) is 0 Å². The van der Waals surface area contributed by atoms with Gasteiger partial charge in [0, 0.05) is 0 Å². The van der Waals surface area contributed by atoms with Gasteiger partial charge in [-0.3, -0.25) is 0 Å². The normalized spacial score (nSPS) is 11.4. The van der Waals surface area contributed by atoms with Crippen LogP contribution in [0, 0.1) is 0 Å². The maximum atomic E-state index is 5.49. The largest absolute Gasteiger partial charge is 0.490 e. The molecule has 0 N–H and O–H groups in total. The molecular weight excluding hydrogens is 180 g/mol. The SMILES string of the molecule is CSC(C)=CCOc1ccccc1. The van der Waals surface area contributed by atoms with Crippen molar-refractivity contribution in [2.24, 2.45) is 0 Å². The molecule has 0 heterocycles. The average Bonchev–Trinajstić information content (AvgIpc) is 2.19. The number of hydrogen-bond acceptors (Lipinski definition) is 2. The molecule has 0 bridgehead atoms. The smallest absolute Gasteiger partial charge is 0.119 e. The summed E-state index contributed by atoms with van der Waals surface area (Å²) in [6.07, 6.45) is 4.14. The molecule has 0 unspecified atom stereocenters. The van der Waals surface area contributed by atoms with Crippen LogP contribution in [0.15, 0.2) is 41.3 Å². The third-order valence-electron chi connectivity index (χ3n) is 1.69. The van der Waals surface area contributed by atoms with Crippen molar-refractivity contribution < 1.29 is 4.74 Å². The van der Waals surface area contributed by atoms with Crippen molar-refractivity contribution in [2.45, 2.75) is 6.92 Å². The fraction of sp³-hybridized carbons (Fsp3) is 0.273. The van der Waals surface area contributed by atoms with Crippen LogP contribution >= 0.6 is 11.8 Å². The molecule has 0 fully saturated rings. The average molecular weight is 194 g/mol. The lowest BCUT2D eigenvalue weighted by atomic mass is 10.3. The molecule has 0 aliphatic rings. The second-order valence-corrected chi connectivity index (χ2v) is 3.70. The third kappa shape index (κ3) is 4.04. The number of allylic oxidation sites excluding steroid dienone is 1. The topological polar surface area (TPSA) is 9.23 Å². The Kier molecular flexibility index (Phi) is 4.47. The highest BCUT2D eigenvalue weighted by Crippen LogP contribution is 2.11. The molecule has 1 nitrogen and oxygen atoms in total. The molecule has 0 atom stereocenters. The first-order valence-corrected chi connectivity index (χ1v) is 5.44. The molecular formula is C11H14OS. The molecule has 0 spiro atoms. The zero-order valence-electron chi connectivity index (χ0n) is 7.99. The molecule has 13 heavy (non-hydrogen) atoms. The van der Waals surface area contributed by atoms with Crippen LogP contribution in [0.3, 0.4) is 0 Å². The Morgan fingerprint density at radius 2 is 2.08 bits per heavy atom. The Bertz CT molecular complexity index is 267. The van der Waals surface area contributed by atoms with E-state index >= 15 is 0 Å². The quantitative estimate of drug-likeness (QED) is 0.727. The van der Waals surface area contributed by atoms with E-state index in [0.717, 1.165) is 5.75 Å². The van der Waals surface area contributed by atoms with Crippen molar-refractivity contribution in [3.63, 3.8) is 0 Å². The van der Waals surface area contributed by atoms with Gasteiger partial charge in [0.15, 0.2) is 0 Å². The lowest BCUT2D eigenvalue weighted by Gasteiger charge is -2.02. The first-order chi connectivity index (χ1) is 6.33. The summed E-state index contributed by atoms with van der Waals surface area (Å²) in [5, 5.41) is 0. The summed E-state index contributed by atoms with van der Waals surface area (Å²) >= 11 is 1.74. The van der Waals surface area contributed by atoms with E-state index in [1.54, 1.807) is 11.8 Å². The minimum Gasteiger partial charge on any atom is -0.490 e.